The molecule has 2 atom stereocenters. The summed E-state index contributed by atoms with van der Waals surface area (Å²) in [4.78, 5) is 0. The standard InChI is InChI=1S/C12H16NO2.CH2.Bi/c14-9-11-8-13-6-7-15-12(11)10-4-2-1-3-5-10;;/h1-5,11-12,14H,6-9H2;1H2;/q-1;;+1/t11-,12?;;/m1../s1. The van der Waals surface area contributed by atoms with E-state index in [1.807, 2.05) is 18.2 Å². The molecule has 1 heterocycles. The Morgan fingerprint density at radius 2 is 2.18 bits per heavy atom. The van der Waals surface area contributed by atoms with E-state index in [1.165, 1.54) is 5.56 Å². The Balaban J connectivity index is 2.17. The first-order chi connectivity index (χ1) is 8.35. The Kier molecular flexibility index (Phi) is 5.23. The minimum absolute atomic E-state index is 0.0268. The van der Waals surface area contributed by atoms with Crippen LogP contribution >= 0.6 is 0 Å². The second-order valence-corrected chi connectivity index (χ2v) is 7.50. The van der Waals surface area contributed by atoms with E-state index < -0.39 is 23.0 Å². The molecule has 1 saturated heterocycles. The van der Waals surface area contributed by atoms with Gasteiger partial charge in [0, 0.05) is 0 Å². The van der Waals surface area contributed by atoms with Gasteiger partial charge in [-0.15, -0.1) is 0 Å². The van der Waals surface area contributed by atoms with Crippen molar-refractivity contribution in [1.82, 2.24) is 2.84 Å². The third-order valence-corrected chi connectivity index (χ3v) is 6.05. The molecule has 0 spiro atoms. The molecule has 0 aromatic heterocycles. The molecule has 0 radical (unpaired) electrons. The average molecular weight is 429 g/mol. The molecule has 1 aliphatic rings. The van der Waals surface area contributed by atoms with E-state index in [0.717, 1.165) is 19.7 Å². The molecule has 0 bridgehead atoms. The number of benzene rings is 1. The SMILES string of the molecule is [CH2]=[Bi][N]1CCOC(c2ccccc2)[C@@H](CO)C1. The van der Waals surface area contributed by atoms with Crippen LogP contribution in [0.4, 0.5) is 0 Å². The molecule has 1 N–H and O–H groups in total. The molecule has 1 aromatic rings. The Morgan fingerprint density at radius 1 is 1.41 bits per heavy atom. The van der Waals surface area contributed by atoms with E-state index in [-0.39, 0.29) is 18.6 Å². The fourth-order valence-electron chi connectivity index (χ4n) is 2.17. The zero-order chi connectivity index (χ0) is 12.1. The van der Waals surface area contributed by atoms with Gasteiger partial charge in [0.25, 0.3) is 0 Å². The van der Waals surface area contributed by atoms with E-state index in [0.29, 0.717) is 0 Å². The van der Waals surface area contributed by atoms with Gasteiger partial charge in [0.15, 0.2) is 0 Å². The van der Waals surface area contributed by atoms with Crippen LogP contribution < -0.4 is 0 Å². The quantitative estimate of drug-likeness (QED) is 0.720. The molecule has 1 aromatic carbocycles. The molecule has 1 aliphatic heterocycles. The molecular weight excluding hydrogens is 411 g/mol. The van der Waals surface area contributed by atoms with Crippen LogP contribution in [0.15, 0.2) is 30.3 Å². The maximum absolute atomic E-state index is 9.55. The van der Waals surface area contributed by atoms with Crippen LogP contribution in [0, 0.1) is 5.92 Å². The van der Waals surface area contributed by atoms with Crippen molar-refractivity contribution in [2.24, 2.45) is 5.92 Å². The number of hydrogen-bond donors (Lipinski definition) is 1. The van der Waals surface area contributed by atoms with Gasteiger partial charge in [0.2, 0.25) is 0 Å². The summed E-state index contributed by atoms with van der Waals surface area (Å²) in [6, 6.07) is 10.2. The van der Waals surface area contributed by atoms with Gasteiger partial charge in [-0.3, -0.25) is 0 Å². The van der Waals surface area contributed by atoms with Crippen LogP contribution in [0.2, 0.25) is 0 Å². The van der Waals surface area contributed by atoms with Crippen LogP contribution in [-0.4, -0.2) is 61.5 Å². The molecule has 1 unspecified atom stereocenters. The summed E-state index contributed by atoms with van der Waals surface area (Å²) in [7, 11) is 0. The number of nitrogens with zero attached hydrogens (tertiary/aromatic N) is 1. The Hall–Kier alpha value is -0.147. The second kappa shape index (κ2) is 6.70. The second-order valence-electron chi connectivity index (χ2n) is 4.20. The topological polar surface area (TPSA) is 32.7 Å². The van der Waals surface area contributed by atoms with Gasteiger partial charge in [0.1, 0.15) is 0 Å². The first-order valence-corrected chi connectivity index (χ1v) is 9.85. The third kappa shape index (κ3) is 3.41. The van der Waals surface area contributed by atoms with Crippen molar-refractivity contribution in [2.45, 2.75) is 6.10 Å². The van der Waals surface area contributed by atoms with Crippen molar-refractivity contribution in [1.29, 1.82) is 0 Å². The molecule has 2 rings (SSSR count). The summed E-state index contributed by atoms with van der Waals surface area (Å²) in [6.07, 6.45) is 0.0268. The predicted molar refractivity (Wildman–Crippen MR) is 70.2 cm³/mol. The Morgan fingerprint density at radius 3 is 2.82 bits per heavy atom. The summed E-state index contributed by atoms with van der Waals surface area (Å²) in [5.74, 6) is 0.172. The molecule has 1 fully saturated rings. The molecular formula is C13H18BiNO2. The van der Waals surface area contributed by atoms with Crippen LogP contribution in [0.1, 0.15) is 11.7 Å². The fraction of sp³-hybridized carbons (Fsp3) is 0.462. The van der Waals surface area contributed by atoms with Crippen molar-refractivity contribution in [3.8, 4) is 0 Å². The first kappa shape index (κ1) is 13.3. The van der Waals surface area contributed by atoms with Crippen LogP contribution in [0.25, 0.3) is 0 Å². The monoisotopic (exact) mass is 429 g/mol. The van der Waals surface area contributed by atoms with Gasteiger partial charge < -0.3 is 0 Å². The first-order valence-electron chi connectivity index (χ1n) is 5.84. The number of ether oxygens (including phenoxy) is 1. The Labute approximate surface area is 114 Å². The van der Waals surface area contributed by atoms with Crippen molar-refractivity contribution in [3.63, 3.8) is 0 Å². The molecule has 3 nitrogen and oxygen atoms in total. The normalized spacial score (nSPS) is 26.4. The number of hydrogen-bond acceptors (Lipinski definition) is 3. The van der Waals surface area contributed by atoms with Crippen molar-refractivity contribution in [3.05, 3.63) is 35.9 Å². The van der Waals surface area contributed by atoms with Crippen molar-refractivity contribution in [2.75, 3.05) is 26.3 Å². The van der Waals surface area contributed by atoms with E-state index in [9.17, 15) is 5.11 Å². The van der Waals surface area contributed by atoms with Crippen LogP contribution in [0.5, 0.6) is 0 Å². The van der Waals surface area contributed by atoms with E-state index in [4.69, 9.17) is 4.74 Å². The fourth-order valence-corrected chi connectivity index (χ4v) is 4.30. The van der Waals surface area contributed by atoms with Gasteiger partial charge in [-0.25, -0.2) is 0 Å². The van der Waals surface area contributed by atoms with E-state index in [1.54, 1.807) is 0 Å². The van der Waals surface area contributed by atoms with E-state index >= 15 is 0 Å². The van der Waals surface area contributed by atoms with Gasteiger partial charge >= 0.3 is 114 Å². The zero-order valence-electron chi connectivity index (χ0n) is 9.83. The molecule has 92 valence electrons. The summed E-state index contributed by atoms with van der Waals surface area (Å²) < 4.78 is 12.4. The van der Waals surface area contributed by atoms with E-state index in [2.05, 4.69) is 19.2 Å². The van der Waals surface area contributed by atoms with Crippen molar-refractivity contribution >= 4 is 27.3 Å². The number of rotatable bonds is 3. The molecule has 0 aliphatic carbocycles. The van der Waals surface area contributed by atoms with Crippen LogP contribution in [-0.2, 0) is 4.74 Å². The Bertz CT molecular complexity index is 358. The summed E-state index contributed by atoms with van der Waals surface area (Å²) >= 11 is -0.757. The average Bonchev–Trinajstić information content (AvgIpc) is 2.61. The van der Waals surface area contributed by atoms with Gasteiger partial charge in [-0.2, -0.15) is 0 Å². The summed E-state index contributed by atoms with van der Waals surface area (Å²) in [6.45, 7) is 2.82. The molecule has 17 heavy (non-hydrogen) atoms. The third-order valence-electron chi connectivity index (χ3n) is 3.08. The summed E-state index contributed by atoms with van der Waals surface area (Å²) in [5, 5.41) is 9.55. The predicted octanol–water partition coefficient (Wildman–Crippen LogP) is 0.720. The number of aliphatic hydroxyl groups excluding tert-OH is 1. The molecule has 0 amide bonds. The van der Waals surface area contributed by atoms with Crippen LogP contribution in [0.3, 0.4) is 0 Å². The number of aliphatic hydroxyl groups is 1. The maximum atomic E-state index is 9.55. The minimum atomic E-state index is -0.757. The summed E-state index contributed by atoms with van der Waals surface area (Å²) in [5.41, 5.74) is 1.17. The van der Waals surface area contributed by atoms with Gasteiger partial charge in [-0.05, 0) is 0 Å². The molecule has 4 heteroatoms. The van der Waals surface area contributed by atoms with Gasteiger partial charge in [-0.1, -0.05) is 0 Å². The molecule has 0 saturated carbocycles. The zero-order valence-corrected chi connectivity index (χ0v) is 13.3. The van der Waals surface area contributed by atoms with Gasteiger partial charge in [0.05, 0.1) is 0 Å². The van der Waals surface area contributed by atoms with Crippen molar-refractivity contribution < 1.29 is 9.84 Å².